The van der Waals surface area contributed by atoms with Crippen molar-refractivity contribution in [2.45, 2.75) is 19.4 Å². The molecule has 0 fully saturated rings. The third-order valence-electron chi connectivity index (χ3n) is 2.55. The molecule has 0 heterocycles. The molecule has 2 unspecified atom stereocenters. The van der Waals surface area contributed by atoms with Gasteiger partial charge in [-0.3, -0.25) is 0 Å². The Morgan fingerprint density at radius 1 is 1.50 bits per heavy atom. The van der Waals surface area contributed by atoms with Crippen LogP contribution in [-0.2, 0) is 11.2 Å². The molecule has 0 bridgehead atoms. The fourth-order valence-electron chi connectivity index (χ4n) is 1.51. The average Bonchev–Trinajstić information content (AvgIpc) is 2.25. The Hall–Kier alpha value is -0.450. The molecule has 1 N–H and O–H groups in total. The molecule has 0 aromatic heterocycles. The second kappa shape index (κ2) is 6.33. The monoisotopic (exact) mass is 290 g/mol. The Balaban J connectivity index is 2.69. The van der Waals surface area contributed by atoms with Crippen molar-refractivity contribution >= 4 is 15.9 Å². The lowest BCUT2D eigenvalue weighted by Crippen LogP contribution is -2.24. The highest BCUT2D eigenvalue weighted by molar-refractivity contribution is 9.10. The van der Waals surface area contributed by atoms with Crippen molar-refractivity contribution in [1.29, 1.82) is 0 Å². The van der Waals surface area contributed by atoms with E-state index in [1.54, 1.807) is 19.2 Å². The molecular weight excluding hydrogens is 275 g/mol. The minimum absolute atomic E-state index is 0.0279. The number of rotatable bonds is 5. The lowest BCUT2D eigenvalue weighted by molar-refractivity contribution is 0.0573. The molecule has 0 aliphatic carbocycles. The zero-order valence-electron chi connectivity index (χ0n) is 9.41. The van der Waals surface area contributed by atoms with Crippen LogP contribution in [-0.4, -0.2) is 24.9 Å². The van der Waals surface area contributed by atoms with Crippen LogP contribution >= 0.6 is 15.9 Å². The van der Waals surface area contributed by atoms with Crippen LogP contribution in [0.3, 0.4) is 0 Å². The van der Waals surface area contributed by atoms with E-state index in [1.807, 2.05) is 6.92 Å². The van der Waals surface area contributed by atoms with Crippen molar-refractivity contribution in [3.05, 3.63) is 34.1 Å². The molecule has 0 amide bonds. The summed E-state index contributed by atoms with van der Waals surface area (Å²) in [4.78, 5) is 0. The summed E-state index contributed by atoms with van der Waals surface area (Å²) >= 11 is 3.18. The maximum absolute atomic E-state index is 13.2. The Kier molecular flexibility index (Phi) is 5.38. The molecule has 1 aromatic carbocycles. The summed E-state index contributed by atoms with van der Waals surface area (Å²) in [6, 6.07) is 4.83. The number of benzene rings is 1. The average molecular weight is 291 g/mol. The van der Waals surface area contributed by atoms with E-state index in [9.17, 15) is 9.50 Å². The number of ether oxygens (including phenoxy) is 1. The van der Waals surface area contributed by atoms with Crippen molar-refractivity contribution in [2.75, 3.05) is 13.7 Å². The van der Waals surface area contributed by atoms with Crippen LogP contribution in [0.5, 0.6) is 0 Å². The van der Waals surface area contributed by atoms with Gasteiger partial charge in [-0.2, -0.15) is 0 Å². The van der Waals surface area contributed by atoms with Crippen molar-refractivity contribution in [3.63, 3.8) is 0 Å². The number of methoxy groups -OCH3 is 1. The molecule has 16 heavy (non-hydrogen) atoms. The molecule has 1 aromatic rings. The van der Waals surface area contributed by atoms with Gasteiger partial charge in [0.15, 0.2) is 0 Å². The lowest BCUT2D eigenvalue weighted by Gasteiger charge is -2.18. The van der Waals surface area contributed by atoms with E-state index >= 15 is 0 Å². The van der Waals surface area contributed by atoms with Crippen LogP contribution in [0.25, 0.3) is 0 Å². The van der Waals surface area contributed by atoms with E-state index in [0.717, 1.165) is 5.56 Å². The van der Waals surface area contributed by atoms with Gasteiger partial charge >= 0.3 is 0 Å². The van der Waals surface area contributed by atoms with Crippen molar-refractivity contribution in [2.24, 2.45) is 5.92 Å². The van der Waals surface area contributed by atoms with E-state index in [1.165, 1.54) is 6.07 Å². The summed E-state index contributed by atoms with van der Waals surface area (Å²) in [5, 5.41) is 9.89. The predicted molar refractivity (Wildman–Crippen MR) is 64.9 cm³/mol. The van der Waals surface area contributed by atoms with Gasteiger partial charge in [0.25, 0.3) is 0 Å². The van der Waals surface area contributed by atoms with Gasteiger partial charge in [0.1, 0.15) is 5.82 Å². The first-order valence-electron chi connectivity index (χ1n) is 5.16. The number of aliphatic hydroxyl groups excluding tert-OH is 1. The molecule has 0 spiro atoms. The standard InChI is InChI=1S/C12H16BrFO2/c1-8(7-16-2)11(15)6-9-4-3-5-10(14)12(9)13/h3-5,8,11,15H,6-7H2,1-2H3. The first kappa shape index (κ1) is 13.6. The first-order valence-corrected chi connectivity index (χ1v) is 5.95. The number of hydrogen-bond acceptors (Lipinski definition) is 2. The molecule has 0 saturated heterocycles. The minimum atomic E-state index is -0.530. The number of hydrogen-bond donors (Lipinski definition) is 1. The van der Waals surface area contributed by atoms with E-state index in [-0.39, 0.29) is 11.7 Å². The summed E-state index contributed by atoms with van der Waals surface area (Å²) in [6.07, 6.45) is -0.110. The third kappa shape index (κ3) is 3.54. The number of aliphatic hydroxyl groups is 1. The largest absolute Gasteiger partial charge is 0.392 e. The van der Waals surface area contributed by atoms with Gasteiger partial charge in [0, 0.05) is 13.0 Å². The highest BCUT2D eigenvalue weighted by Gasteiger charge is 2.16. The fraction of sp³-hybridized carbons (Fsp3) is 0.500. The minimum Gasteiger partial charge on any atom is -0.392 e. The molecule has 1 rings (SSSR count). The summed E-state index contributed by atoms with van der Waals surface area (Å²) < 4.78 is 18.6. The Morgan fingerprint density at radius 2 is 2.19 bits per heavy atom. The van der Waals surface area contributed by atoms with Crippen molar-refractivity contribution < 1.29 is 14.2 Å². The Bertz CT molecular complexity index is 344. The van der Waals surface area contributed by atoms with E-state index < -0.39 is 6.10 Å². The molecule has 0 saturated carbocycles. The normalized spacial score (nSPS) is 14.8. The molecule has 2 nitrogen and oxygen atoms in total. The topological polar surface area (TPSA) is 29.5 Å². The molecule has 4 heteroatoms. The van der Waals surface area contributed by atoms with Gasteiger partial charge in [-0.15, -0.1) is 0 Å². The highest BCUT2D eigenvalue weighted by atomic mass is 79.9. The molecule has 0 aliphatic rings. The molecular formula is C12H16BrFO2. The zero-order chi connectivity index (χ0) is 12.1. The highest BCUT2D eigenvalue weighted by Crippen LogP contribution is 2.23. The summed E-state index contributed by atoms with van der Waals surface area (Å²) in [6.45, 7) is 2.40. The van der Waals surface area contributed by atoms with Crippen molar-refractivity contribution in [1.82, 2.24) is 0 Å². The van der Waals surface area contributed by atoms with Gasteiger partial charge in [-0.1, -0.05) is 19.1 Å². The summed E-state index contributed by atoms with van der Waals surface area (Å²) in [5.74, 6) is -0.274. The van der Waals surface area contributed by atoms with E-state index in [4.69, 9.17) is 4.74 Å². The summed E-state index contributed by atoms with van der Waals surface area (Å²) in [7, 11) is 1.60. The smallest absolute Gasteiger partial charge is 0.137 e. The molecule has 2 atom stereocenters. The number of halogens is 2. The van der Waals surface area contributed by atoms with Gasteiger partial charge in [0.05, 0.1) is 17.2 Å². The second-order valence-corrected chi connectivity index (χ2v) is 4.71. The van der Waals surface area contributed by atoms with Gasteiger partial charge in [0.2, 0.25) is 0 Å². The van der Waals surface area contributed by atoms with Crippen LogP contribution in [0.15, 0.2) is 22.7 Å². The molecule has 90 valence electrons. The quantitative estimate of drug-likeness (QED) is 0.904. The molecule has 0 aliphatic heterocycles. The molecule has 0 radical (unpaired) electrons. The third-order valence-corrected chi connectivity index (χ3v) is 3.44. The van der Waals surface area contributed by atoms with Crippen molar-refractivity contribution in [3.8, 4) is 0 Å². The lowest BCUT2D eigenvalue weighted by atomic mass is 9.98. The van der Waals surface area contributed by atoms with Gasteiger partial charge < -0.3 is 9.84 Å². The van der Waals surface area contributed by atoms with Crippen LogP contribution in [0.2, 0.25) is 0 Å². The van der Waals surface area contributed by atoms with Crippen LogP contribution in [0.4, 0.5) is 4.39 Å². The van der Waals surface area contributed by atoms with Crippen LogP contribution < -0.4 is 0 Å². The van der Waals surface area contributed by atoms with Gasteiger partial charge in [-0.05, 0) is 34.0 Å². The van der Waals surface area contributed by atoms with E-state index in [2.05, 4.69) is 15.9 Å². The van der Waals surface area contributed by atoms with E-state index in [0.29, 0.717) is 17.5 Å². The summed E-state index contributed by atoms with van der Waals surface area (Å²) in [5.41, 5.74) is 0.774. The Morgan fingerprint density at radius 3 is 2.81 bits per heavy atom. The predicted octanol–water partition coefficient (Wildman–Crippen LogP) is 2.77. The fourth-order valence-corrected chi connectivity index (χ4v) is 1.93. The maximum atomic E-state index is 13.2. The zero-order valence-corrected chi connectivity index (χ0v) is 11.0. The van der Waals surface area contributed by atoms with Gasteiger partial charge in [-0.25, -0.2) is 4.39 Å². The SMILES string of the molecule is COCC(C)C(O)Cc1cccc(F)c1Br. The second-order valence-electron chi connectivity index (χ2n) is 3.92. The first-order chi connectivity index (χ1) is 7.56. The maximum Gasteiger partial charge on any atom is 0.137 e. The Labute approximate surface area is 104 Å². The van der Waals surface area contributed by atoms with Crippen LogP contribution in [0, 0.1) is 11.7 Å². The van der Waals surface area contributed by atoms with Crippen LogP contribution in [0.1, 0.15) is 12.5 Å².